The van der Waals surface area contributed by atoms with Crippen LogP contribution in [-0.2, 0) is 22.6 Å². The van der Waals surface area contributed by atoms with E-state index in [1.54, 1.807) is 6.07 Å². The number of carboxylic acids is 2. The van der Waals surface area contributed by atoms with E-state index in [0.717, 1.165) is 46.2 Å². The third-order valence-corrected chi connectivity index (χ3v) is 7.23. The Bertz CT molecular complexity index is 1550. The predicted octanol–water partition coefficient (Wildman–Crippen LogP) is 8.16. The van der Waals surface area contributed by atoms with Gasteiger partial charge < -0.3 is 24.3 Å². The molecule has 9 heteroatoms. The Morgan fingerprint density at radius 1 is 0.905 bits per heavy atom. The van der Waals surface area contributed by atoms with Gasteiger partial charge in [-0.05, 0) is 78.8 Å². The number of benzene rings is 3. The number of fused-ring (bicyclic) bond motifs is 1. The van der Waals surface area contributed by atoms with Crippen molar-refractivity contribution in [3.63, 3.8) is 0 Å². The Hall–Kier alpha value is -3.94. The van der Waals surface area contributed by atoms with E-state index in [-0.39, 0.29) is 12.8 Å². The van der Waals surface area contributed by atoms with Crippen LogP contribution in [0.4, 0.5) is 0 Å². The summed E-state index contributed by atoms with van der Waals surface area (Å²) in [5.74, 6) is -0.331. The van der Waals surface area contributed by atoms with E-state index < -0.39 is 11.9 Å². The summed E-state index contributed by atoms with van der Waals surface area (Å²) in [5.41, 5.74) is 4.37. The average molecular weight is 611 g/mol. The van der Waals surface area contributed by atoms with Crippen molar-refractivity contribution in [2.45, 2.75) is 45.6 Å². The number of hydrogen-bond donors (Lipinski definition) is 2. The Morgan fingerprint density at radius 3 is 2.33 bits per heavy atom. The molecule has 4 aromatic rings. The highest BCUT2D eigenvalue weighted by molar-refractivity contribution is 6.35. The van der Waals surface area contributed by atoms with Crippen LogP contribution in [0.15, 0.2) is 60.8 Å². The van der Waals surface area contributed by atoms with E-state index in [1.165, 1.54) is 0 Å². The molecule has 0 saturated heterocycles. The Kier molecular flexibility index (Phi) is 10.9. The van der Waals surface area contributed by atoms with E-state index in [9.17, 15) is 14.7 Å². The van der Waals surface area contributed by atoms with Gasteiger partial charge in [0.1, 0.15) is 11.5 Å². The van der Waals surface area contributed by atoms with Gasteiger partial charge in [-0.15, -0.1) is 0 Å². The molecule has 0 amide bonds. The van der Waals surface area contributed by atoms with Gasteiger partial charge >= 0.3 is 11.9 Å². The minimum Gasteiger partial charge on any atom is -0.494 e. The molecule has 0 aliphatic heterocycles. The molecular formula is C33H33Cl2NO6. The van der Waals surface area contributed by atoms with Gasteiger partial charge in [-0.2, -0.15) is 0 Å². The fraction of sp³-hybridized carbons (Fsp3) is 0.273. The molecule has 2 N–H and O–H groups in total. The van der Waals surface area contributed by atoms with E-state index in [4.69, 9.17) is 37.8 Å². The zero-order valence-corrected chi connectivity index (χ0v) is 24.8. The first-order valence-electron chi connectivity index (χ1n) is 13.7. The predicted molar refractivity (Wildman–Crippen MR) is 167 cm³/mol. The van der Waals surface area contributed by atoms with Crippen LogP contribution in [0.3, 0.4) is 0 Å². The molecule has 0 unspecified atom stereocenters. The van der Waals surface area contributed by atoms with Crippen LogP contribution in [0.5, 0.6) is 11.5 Å². The lowest BCUT2D eigenvalue weighted by Gasteiger charge is -2.11. The van der Waals surface area contributed by atoms with Gasteiger partial charge in [-0.3, -0.25) is 9.59 Å². The maximum Gasteiger partial charge on any atom is 0.307 e. The molecule has 3 aromatic carbocycles. The van der Waals surface area contributed by atoms with Crippen molar-refractivity contribution in [1.29, 1.82) is 0 Å². The highest BCUT2D eigenvalue weighted by atomic mass is 35.5. The van der Waals surface area contributed by atoms with E-state index >= 15 is 0 Å². The molecule has 42 heavy (non-hydrogen) atoms. The van der Waals surface area contributed by atoms with Crippen molar-refractivity contribution in [2.24, 2.45) is 0 Å². The zero-order valence-electron chi connectivity index (χ0n) is 23.3. The third kappa shape index (κ3) is 8.54. The first-order valence-corrected chi connectivity index (χ1v) is 14.5. The molecule has 0 spiro atoms. The second-order valence-corrected chi connectivity index (χ2v) is 10.8. The van der Waals surface area contributed by atoms with Gasteiger partial charge in [-0.25, -0.2) is 0 Å². The Morgan fingerprint density at radius 2 is 1.64 bits per heavy atom. The molecule has 0 fully saturated rings. The van der Waals surface area contributed by atoms with Gasteiger partial charge in [0.15, 0.2) is 0 Å². The van der Waals surface area contributed by atoms with E-state index in [0.29, 0.717) is 47.5 Å². The highest BCUT2D eigenvalue weighted by Gasteiger charge is 2.14. The number of hydrogen-bond acceptors (Lipinski definition) is 4. The molecule has 0 bridgehead atoms. The van der Waals surface area contributed by atoms with E-state index in [1.807, 2.05) is 78.4 Å². The second kappa shape index (κ2) is 14.8. The molecule has 0 radical (unpaired) electrons. The summed E-state index contributed by atoms with van der Waals surface area (Å²) >= 11 is 12.2. The molecule has 220 valence electrons. The number of halogens is 2. The van der Waals surface area contributed by atoms with Crippen LogP contribution < -0.4 is 9.47 Å². The van der Waals surface area contributed by atoms with Crippen LogP contribution in [0.1, 0.15) is 47.9 Å². The van der Waals surface area contributed by atoms with Crippen LogP contribution in [0, 0.1) is 6.92 Å². The van der Waals surface area contributed by atoms with Crippen LogP contribution >= 0.6 is 23.2 Å². The normalized spacial score (nSPS) is 11.3. The summed E-state index contributed by atoms with van der Waals surface area (Å²) in [6, 6.07) is 17.1. The minimum absolute atomic E-state index is 0.0566. The summed E-state index contributed by atoms with van der Waals surface area (Å²) < 4.78 is 13.7. The van der Waals surface area contributed by atoms with Gasteiger partial charge in [0.25, 0.3) is 0 Å². The summed E-state index contributed by atoms with van der Waals surface area (Å²) in [6.45, 7) is 3.50. The van der Waals surface area contributed by atoms with Crippen LogP contribution in [0.25, 0.3) is 23.1 Å². The fourth-order valence-corrected chi connectivity index (χ4v) is 5.44. The van der Waals surface area contributed by atoms with Crippen LogP contribution in [-0.4, -0.2) is 39.9 Å². The number of rotatable bonds is 15. The largest absolute Gasteiger partial charge is 0.494 e. The summed E-state index contributed by atoms with van der Waals surface area (Å²) in [6.07, 6.45) is 7.82. The minimum atomic E-state index is -0.914. The lowest BCUT2D eigenvalue weighted by Crippen LogP contribution is -2.03. The lowest BCUT2D eigenvalue weighted by molar-refractivity contribution is -0.137. The molecule has 4 rings (SSSR count). The molecule has 0 saturated carbocycles. The summed E-state index contributed by atoms with van der Waals surface area (Å²) in [7, 11) is 0. The molecule has 1 aromatic heterocycles. The Balaban J connectivity index is 1.33. The van der Waals surface area contributed by atoms with Crippen LogP contribution in [0.2, 0.25) is 10.0 Å². The smallest absolute Gasteiger partial charge is 0.307 e. The SMILES string of the molecule is Cc1cc(Cl)cc(Cl)c1OCCCCOc1ccc(C=Cc2cccc3c2c(CC(=O)O)cn3CCCC(=O)O)cc1. The fourth-order valence-electron chi connectivity index (χ4n) is 4.79. The number of carbonyl (C=O) groups is 2. The second-order valence-electron chi connectivity index (χ2n) is 10.00. The monoisotopic (exact) mass is 609 g/mol. The van der Waals surface area contributed by atoms with Gasteiger partial charge in [0, 0.05) is 35.1 Å². The molecule has 0 atom stereocenters. The first-order chi connectivity index (χ1) is 20.2. The average Bonchev–Trinajstić information content (AvgIpc) is 3.28. The maximum absolute atomic E-state index is 11.5. The number of nitrogens with zero attached hydrogens (tertiary/aromatic N) is 1. The quantitative estimate of drug-likeness (QED) is 0.104. The topological polar surface area (TPSA) is 98.0 Å². The van der Waals surface area contributed by atoms with Crippen molar-refractivity contribution >= 4 is 58.2 Å². The van der Waals surface area contributed by atoms with Crippen molar-refractivity contribution in [3.05, 3.63) is 93.1 Å². The molecule has 0 aliphatic carbocycles. The number of aliphatic carboxylic acids is 2. The number of carboxylic acid groups (broad SMARTS) is 2. The molecule has 1 heterocycles. The summed E-state index contributed by atoms with van der Waals surface area (Å²) in [4.78, 5) is 22.5. The number of aryl methyl sites for hydroxylation is 2. The third-order valence-electron chi connectivity index (χ3n) is 6.73. The lowest BCUT2D eigenvalue weighted by atomic mass is 10.0. The van der Waals surface area contributed by atoms with E-state index in [2.05, 4.69) is 0 Å². The van der Waals surface area contributed by atoms with Crippen molar-refractivity contribution < 1.29 is 29.3 Å². The molecule has 7 nitrogen and oxygen atoms in total. The number of ether oxygens (including phenoxy) is 2. The molecular weight excluding hydrogens is 577 g/mol. The van der Waals surface area contributed by atoms with Crippen molar-refractivity contribution in [1.82, 2.24) is 4.57 Å². The Labute approximate surface area is 254 Å². The molecule has 0 aliphatic rings. The maximum atomic E-state index is 11.5. The summed E-state index contributed by atoms with van der Waals surface area (Å²) in [5, 5.41) is 20.4. The standard InChI is InChI=1S/C33H33Cl2NO6/c1-22-18-26(34)20-28(35)33(22)42-17-3-2-16-41-27-13-10-23(11-14-27)9-12-24-6-4-7-29-32(24)25(19-31(39)40)21-36(29)15-5-8-30(37)38/h4,6-7,9-14,18,20-21H,2-3,5,8,15-17,19H2,1H3,(H,37,38)(H,39,40). The van der Waals surface area contributed by atoms with Crippen molar-refractivity contribution in [2.75, 3.05) is 13.2 Å². The highest BCUT2D eigenvalue weighted by Crippen LogP contribution is 2.32. The first kappa shape index (κ1) is 31.0. The number of unbranched alkanes of at least 4 members (excludes halogenated alkanes) is 1. The zero-order chi connectivity index (χ0) is 30.1. The van der Waals surface area contributed by atoms with Gasteiger partial charge in [0.05, 0.1) is 24.7 Å². The van der Waals surface area contributed by atoms with Gasteiger partial charge in [-0.1, -0.05) is 59.6 Å². The van der Waals surface area contributed by atoms with Gasteiger partial charge in [0.2, 0.25) is 0 Å². The van der Waals surface area contributed by atoms with Crippen molar-refractivity contribution in [3.8, 4) is 11.5 Å². The number of aromatic nitrogens is 1.